The van der Waals surface area contributed by atoms with Crippen molar-refractivity contribution in [2.24, 2.45) is 0 Å². The van der Waals surface area contributed by atoms with Crippen molar-refractivity contribution in [3.8, 4) is 5.75 Å². The van der Waals surface area contributed by atoms with Crippen LogP contribution in [0.25, 0.3) is 0 Å². The standard InChI is InChI=1S/C16H21NO6/c1-2-3-4-13(19)14(20)15(21)17-12(16(22)23)9-10-5-7-11(18)8-6-10/h2,5-8,12-14,18-20H,1,3-4,9H2,(H,17,21)(H,22,23)/t12-,13?,14?/m0/s1. The predicted molar refractivity (Wildman–Crippen MR) is 82.8 cm³/mol. The van der Waals surface area contributed by atoms with Gasteiger partial charge in [-0.25, -0.2) is 4.79 Å². The fraction of sp³-hybridized carbons (Fsp3) is 0.375. The van der Waals surface area contributed by atoms with E-state index in [1.54, 1.807) is 6.08 Å². The van der Waals surface area contributed by atoms with Gasteiger partial charge in [-0.3, -0.25) is 4.79 Å². The van der Waals surface area contributed by atoms with Crippen molar-refractivity contribution in [2.75, 3.05) is 0 Å². The van der Waals surface area contributed by atoms with Crippen LogP contribution in [0.3, 0.4) is 0 Å². The van der Waals surface area contributed by atoms with Crippen LogP contribution >= 0.6 is 0 Å². The summed E-state index contributed by atoms with van der Waals surface area (Å²) in [6.07, 6.45) is -0.919. The first kappa shape index (κ1) is 18.7. The second kappa shape index (κ2) is 8.92. The minimum atomic E-state index is -1.71. The number of nitrogens with one attached hydrogen (secondary N) is 1. The van der Waals surface area contributed by atoms with Crippen molar-refractivity contribution >= 4 is 11.9 Å². The Morgan fingerprint density at radius 2 is 1.83 bits per heavy atom. The number of rotatable bonds is 9. The van der Waals surface area contributed by atoms with E-state index >= 15 is 0 Å². The summed E-state index contributed by atoms with van der Waals surface area (Å²) < 4.78 is 0. The van der Waals surface area contributed by atoms with Crippen molar-refractivity contribution in [3.05, 3.63) is 42.5 Å². The summed E-state index contributed by atoms with van der Waals surface area (Å²) in [5.41, 5.74) is 0.595. The topological polar surface area (TPSA) is 127 Å². The summed E-state index contributed by atoms with van der Waals surface area (Å²) >= 11 is 0. The van der Waals surface area contributed by atoms with Gasteiger partial charge in [0, 0.05) is 6.42 Å². The number of aliphatic carboxylic acids is 1. The zero-order chi connectivity index (χ0) is 17.4. The van der Waals surface area contributed by atoms with Crippen LogP contribution < -0.4 is 5.32 Å². The number of carbonyl (C=O) groups excluding carboxylic acids is 1. The lowest BCUT2D eigenvalue weighted by molar-refractivity contribution is -0.145. The van der Waals surface area contributed by atoms with Gasteiger partial charge in [-0.15, -0.1) is 6.58 Å². The van der Waals surface area contributed by atoms with Crippen LogP contribution in [0.1, 0.15) is 18.4 Å². The number of carbonyl (C=O) groups is 2. The van der Waals surface area contributed by atoms with Crippen molar-refractivity contribution in [2.45, 2.75) is 37.5 Å². The van der Waals surface area contributed by atoms with Gasteiger partial charge in [-0.2, -0.15) is 0 Å². The molecule has 0 radical (unpaired) electrons. The average Bonchev–Trinajstić information content (AvgIpc) is 2.52. The van der Waals surface area contributed by atoms with Gasteiger partial charge in [0.1, 0.15) is 11.8 Å². The summed E-state index contributed by atoms with van der Waals surface area (Å²) in [6, 6.07) is 4.63. The maximum Gasteiger partial charge on any atom is 0.326 e. The summed E-state index contributed by atoms with van der Waals surface area (Å²) in [4.78, 5) is 23.1. The summed E-state index contributed by atoms with van der Waals surface area (Å²) in [7, 11) is 0. The molecule has 0 saturated carbocycles. The highest BCUT2D eigenvalue weighted by molar-refractivity contribution is 5.86. The van der Waals surface area contributed by atoms with E-state index in [1.807, 2.05) is 0 Å². The second-order valence-electron chi connectivity index (χ2n) is 5.15. The highest BCUT2D eigenvalue weighted by Crippen LogP contribution is 2.12. The van der Waals surface area contributed by atoms with Gasteiger partial charge in [0.25, 0.3) is 5.91 Å². The molecule has 7 heteroatoms. The molecule has 0 aliphatic rings. The number of hydrogen-bond acceptors (Lipinski definition) is 5. The number of hydrogen-bond donors (Lipinski definition) is 5. The van der Waals surface area contributed by atoms with Gasteiger partial charge < -0.3 is 25.7 Å². The largest absolute Gasteiger partial charge is 0.508 e. The molecular weight excluding hydrogens is 302 g/mol. The Balaban J connectivity index is 2.67. The molecule has 0 saturated heterocycles. The minimum absolute atomic E-state index is 0.0170. The minimum Gasteiger partial charge on any atom is -0.508 e. The van der Waals surface area contributed by atoms with E-state index in [4.69, 9.17) is 0 Å². The number of aliphatic hydroxyl groups is 2. The molecular formula is C16H21NO6. The maximum absolute atomic E-state index is 11.9. The third kappa shape index (κ3) is 6.09. The van der Waals surface area contributed by atoms with Gasteiger partial charge in [0.2, 0.25) is 0 Å². The van der Waals surface area contributed by atoms with Crippen LogP contribution in [0.4, 0.5) is 0 Å². The van der Waals surface area contributed by atoms with E-state index in [-0.39, 0.29) is 18.6 Å². The number of phenols is 1. The Kier molecular flexibility index (Phi) is 7.24. The number of benzene rings is 1. The highest BCUT2D eigenvalue weighted by Gasteiger charge is 2.28. The molecule has 0 spiro atoms. The third-order valence-electron chi connectivity index (χ3n) is 3.29. The average molecular weight is 323 g/mol. The van der Waals surface area contributed by atoms with Crippen LogP contribution in [0.15, 0.2) is 36.9 Å². The second-order valence-corrected chi connectivity index (χ2v) is 5.15. The third-order valence-corrected chi connectivity index (χ3v) is 3.29. The van der Waals surface area contributed by atoms with Gasteiger partial charge in [-0.1, -0.05) is 18.2 Å². The van der Waals surface area contributed by atoms with Crippen molar-refractivity contribution in [1.82, 2.24) is 5.32 Å². The lowest BCUT2D eigenvalue weighted by Crippen LogP contribution is -2.49. The predicted octanol–water partition coefficient (Wildman–Crippen LogP) is 0.192. The molecule has 1 aromatic carbocycles. The zero-order valence-corrected chi connectivity index (χ0v) is 12.6. The van der Waals surface area contributed by atoms with E-state index in [2.05, 4.69) is 11.9 Å². The smallest absolute Gasteiger partial charge is 0.326 e. The van der Waals surface area contributed by atoms with Crippen molar-refractivity contribution < 1.29 is 30.0 Å². The molecule has 126 valence electrons. The molecule has 5 N–H and O–H groups in total. The molecule has 23 heavy (non-hydrogen) atoms. The zero-order valence-electron chi connectivity index (χ0n) is 12.6. The first-order chi connectivity index (χ1) is 10.8. The van der Waals surface area contributed by atoms with Gasteiger partial charge in [-0.05, 0) is 30.5 Å². The lowest BCUT2D eigenvalue weighted by Gasteiger charge is -2.20. The Labute approximate surface area is 133 Å². The number of phenolic OH excluding ortho intramolecular Hbond substituents is 1. The monoisotopic (exact) mass is 323 g/mol. The van der Waals surface area contributed by atoms with Gasteiger partial charge >= 0.3 is 5.97 Å². The van der Waals surface area contributed by atoms with E-state index in [1.165, 1.54) is 24.3 Å². The number of allylic oxidation sites excluding steroid dienone is 1. The first-order valence-electron chi connectivity index (χ1n) is 7.13. The Hall–Kier alpha value is -2.38. The van der Waals surface area contributed by atoms with E-state index in [0.29, 0.717) is 12.0 Å². The molecule has 1 rings (SSSR count). The number of carboxylic acids is 1. The fourth-order valence-electron chi connectivity index (χ4n) is 1.95. The number of aliphatic hydroxyl groups excluding tert-OH is 2. The Morgan fingerprint density at radius 3 is 2.35 bits per heavy atom. The molecule has 1 amide bonds. The molecule has 2 unspecified atom stereocenters. The quantitative estimate of drug-likeness (QED) is 0.413. The normalized spacial score (nSPS) is 14.5. The molecule has 0 heterocycles. The van der Waals surface area contributed by atoms with Gasteiger partial charge in [0.05, 0.1) is 6.10 Å². The molecule has 1 aromatic rings. The number of aromatic hydroxyl groups is 1. The highest BCUT2D eigenvalue weighted by atomic mass is 16.4. The first-order valence-corrected chi connectivity index (χ1v) is 7.13. The van der Waals surface area contributed by atoms with Crippen LogP contribution in [-0.2, 0) is 16.0 Å². The SMILES string of the molecule is C=CCCC(O)C(O)C(=O)N[C@@H](Cc1ccc(O)cc1)C(=O)O. The van der Waals surface area contributed by atoms with Crippen LogP contribution in [0.5, 0.6) is 5.75 Å². The summed E-state index contributed by atoms with van der Waals surface area (Å²) in [5, 5.41) is 40.0. The Bertz CT molecular complexity index is 542. The molecule has 7 nitrogen and oxygen atoms in total. The van der Waals surface area contributed by atoms with Crippen molar-refractivity contribution in [1.29, 1.82) is 0 Å². The van der Waals surface area contributed by atoms with E-state index in [9.17, 15) is 30.0 Å². The molecule has 0 aliphatic heterocycles. The molecule has 0 fully saturated rings. The fourth-order valence-corrected chi connectivity index (χ4v) is 1.95. The number of amides is 1. The van der Waals surface area contributed by atoms with Crippen LogP contribution in [0.2, 0.25) is 0 Å². The number of carboxylic acid groups (broad SMARTS) is 1. The van der Waals surface area contributed by atoms with E-state index < -0.39 is 30.1 Å². The lowest BCUT2D eigenvalue weighted by atomic mass is 10.0. The van der Waals surface area contributed by atoms with E-state index in [0.717, 1.165) is 0 Å². The summed E-state index contributed by atoms with van der Waals surface area (Å²) in [5.74, 6) is -2.17. The van der Waals surface area contributed by atoms with Crippen LogP contribution in [0, 0.1) is 0 Å². The molecule has 3 atom stereocenters. The summed E-state index contributed by atoms with van der Waals surface area (Å²) in [6.45, 7) is 3.47. The molecule has 0 aromatic heterocycles. The molecule has 0 bridgehead atoms. The maximum atomic E-state index is 11.9. The Morgan fingerprint density at radius 1 is 1.22 bits per heavy atom. The van der Waals surface area contributed by atoms with Crippen LogP contribution in [-0.4, -0.2) is 50.6 Å². The molecule has 0 aliphatic carbocycles. The van der Waals surface area contributed by atoms with Gasteiger partial charge in [0.15, 0.2) is 6.10 Å². The van der Waals surface area contributed by atoms with Crippen molar-refractivity contribution in [3.63, 3.8) is 0 Å².